The van der Waals surface area contributed by atoms with E-state index < -0.39 is 0 Å². The number of hydrogen-bond acceptors (Lipinski definition) is 8. The highest BCUT2D eigenvalue weighted by atomic mass is 16.5. The van der Waals surface area contributed by atoms with Crippen LogP contribution in [0.5, 0.6) is 0 Å². The van der Waals surface area contributed by atoms with Crippen molar-refractivity contribution >= 4 is 29.2 Å². The minimum Gasteiger partial charge on any atom is -0.381 e. The highest BCUT2D eigenvalue weighted by molar-refractivity contribution is 5.97. The maximum atomic E-state index is 13.0. The van der Waals surface area contributed by atoms with Crippen molar-refractivity contribution in [3.63, 3.8) is 0 Å². The van der Waals surface area contributed by atoms with Crippen LogP contribution in [0.3, 0.4) is 0 Å². The highest BCUT2D eigenvalue weighted by Crippen LogP contribution is 2.22. The fourth-order valence-corrected chi connectivity index (χ4v) is 5.59. The molecule has 11 nitrogen and oxygen atoms in total. The zero-order valence-electron chi connectivity index (χ0n) is 23.3. The van der Waals surface area contributed by atoms with Crippen LogP contribution in [-0.4, -0.2) is 91.7 Å². The van der Waals surface area contributed by atoms with Crippen LogP contribution in [0.25, 0.3) is 0 Å². The molecule has 0 saturated carbocycles. The van der Waals surface area contributed by atoms with Gasteiger partial charge in [-0.1, -0.05) is 12.1 Å². The van der Waals surface area contributed by atoms with Gasteiger partial charge in [0.15, 0.2) is 6.67 Å². The van der Waals surface area contributed by atoms with E-state index in [9.17, 15) is 9.59 Å². The van der Waals surface area contributed by atoms with Crippen LogP contribution in [0.2, 0.25) is 0 Å². The number of fused-ring (bicyclic) bond motifs is 1. The Bertz CT molecular complexity index is 1360. The van der Waals surface area contributed by atoms with Crippen LogP contribution in [0.1, 0.15) is 28.8 Å². The predicted octanol–water partition coefficient (Wildman–Crippen LogP) is 1.23. The summed E-state index contributed by atoms with van der Waals surface area (Å²) >= 11 is 0. The SMILES string of the molecule is COC1CCN(C(=O)Cc2cccc(N3C=C(Nc4ccc(C(=O)N5CCOCC5)cn4)C4=NC=C[NH+]4C3)c2)CC1. The second kappa shape index (κ2) is 12.2. The summed E-state index contributed by atoms with van der Waals surface area (Å²) in [5, 5.41) is 3.40. The topological polar surface area (TPSA) is 104 Å². The molecule has 4 aliphatic heterocycles. The van der Waals surface area contributed by atoms with Gasteiger partial charge in [-0.05, 0) is 42.7 Å². The first-order valence-electron chi connectivity index (χ1n) is 14.2. The van der Waals surface area contributed by atoms with Gasteiger partial charge in [-0.2, -0.15) is 4.99 Å². The van der Waals surface area contributed by atoms with Gasteiger partial charge in [0.05, 0.1) is 37.5 Å². The molecule has 6 rings (SSSR count). The van der Waals surface area contributed by atoms with Gasteiger partial charge < -0.3 is 24.6 Å². The number of carbonyl (C=O) groups excluding carboxylic acids is 2. The zero-order chi connectivity index (χ0) is 28.2. The molecule has 1 aromatic heterocycles. The second-order valence-electron chi connectivity index (χ2n) is 10.6. The molecule has 41 heavy (non-hydrogen) atoms. The number of pyridine rings is 1. The Kier molecular flexibility index (Phi) is 8.08. The molecule has 11 heteroatoms. The number of methoxy groups -OCH3 is 1. The third-order valence-electron chi connectivity index (χ3n) is 7.96. The molecule has 2 aromatic rings. The van der Waals surface area contributed by atoms with Crippen LogP contribution in [0.15, 0.2) is 71.9 Å². The number of morpholine rings is 1. The molecule has 1 unspecified atom stereocenters. The fourth-order valence-electron chi connectivity index (χ4n) is 5.59. The number of amidine groups is 1. The van der Waals surface area contributed by atoms with Crippen molar-refractivity contribution in [2.45, 2.75) is 25.4 Å². The Hall–Kier alpha value is -4.06. The minimum absolute atomic E-state index is 0.0341. The number of carbonyl (C=O) groups is 2. The molecule has 1 atom stereocenters. The van der Waals surface area contributed by atoms with Crippen molar-refractivity contribution in [1.29, 1.82) is 0 Å². The normalized spacial score (nSPS) is 20.9. The Labute approximate surface area is 239 Å². The quantitative estimate of drug-likeness (QED) is 0.527. The van der Waals surface area contributed by atoms with E-state index in [-0.39, 0.29) is 17.9 Å². The average molecular weight is 559 g/mol. The number of nitrogens with one attached hydrogen (secondary N) is 2. The van der Waals surface area contributed by atoms with Gasteiger partial charge in [0.1, 0.15) is 17.7 Å². The van der Waals surface area contributed by atoms with Crippen LogP contribution in [-0.2, 0) is 20.7 Å². The van der Waals surface area contributed by atoms with E-state index in [1.54, 1.807) is 24.3 Å². The Morgan fingerprint density at radius 1 is 1.10 bits per heavy atom. The number of aliphatic imine (C=N–C) groups is 1. The summed E-state index contributed by atoms with van der Waals surface area (Å²) in [5.74, 6) is 1.62. The van der Waals surface area contributed by atoms with Crippen LogP contribution in [0, 0.1) is 0 Å². The first kappa shape index (κ1) is 27.1. The number of hydrogen-bond donors (Lipinski definition) is 2. The molecule has 4 aliphatic rings. The molecule has 214 valence electrons. The number of aromatic nitrogens is 1. The van der Waals surface area contributed by atoms with Crippen molar-refractivity contribution in [2.24, 2.45) is 4.99 Å². The molecule has 0 bridgehead atoms. The predicted molar refractivity (Wildman–Crippen MR) is 154 cm³/mol. The van der Waals surface area contributed by atoms with Crippen LogP contribution < -0.4 is 15.1 Å². The summed E-state index contributed by atoms with van der Waals surface area (Å²) < 4.78 is 10.8. The molecule has 1 aromatic carbocycles. The van der Waals surface area contributed by atoms with Crippen molar-refractivity contribution in [3.05, 3.63) is 78.0 Å². The first-order chi connectivity index (χ1) is 20.1. The van der Waals surface area contributed by atoms with Crippen LogP contribution in [0.4, 0.5) is 11.5 Å². The average Bonchev–Trinajstić information content (AvgIpc) is 3.51. The number of likely N-dealkylation sites (tertiary alicyclic amines) is 1. The molecule has 0 spiro atoms. The third kappa shape index (κ3) is 6.17. The van der Waals surface area contributed by atoms with Gasteiger partial charge in [-0.25, -0.2) is 9.88 Å². The number of anilines is 2. The lowest BCUT2D eigenvalue weighted by Crippen LogP contribution is -3.12. The number of rotatable bonds is 7. The van der Waals surface area contributed by atoms with Gasteiger partial charge in [0, 0.05) is 51.4 Å². The molecule has 2 saturated heterocycles. The summed E-state index contributed by atoms with van der Waals surface area (Å²) in [6, 6.07) is 11.8. The van der Waals surface area contributed by atoms with Crippen molar-refractivity contribution in [3.8, 4) is 0 Å². The smallest absolute Gasteiger partial charge is 0.257 e. The van der Waals surface area contributed by atoms with Crippen molar-refractivity contribution in [1.82, 2.24) is 14.8 Å². The van der Waals surface area contributed by atoms with E-state index >= 15 is 0 Å². The zero-order valence-corrected chi connectivity index (χ0v) is 23.3. The van der Waals surface area contributed by atoms with E-state index in [1.807, 2.05) is 41.7 Å². The number of piperidine rings is 1. The Morgan fingerprint density at radius 3 is 2.68 bits per heavy atom. The summed E-state index contributed by atoms with van der Waals surface area (Å²) in [7, 11) is 1.74. The van der Waals surface area contributed by atoms with E-state index in [0.29, 0.717) is 50.8 Å². The van der Waals surface area contributed by atoms with Crippen molar-refractivity contribution in [2.75, 3.05) is 63.4 Å². The molecule has 2 fully saturated rings. The summed E-state index contributed by atoms with van der Waals surface area (Å²) in [6.45, 7) is 4.46. The molecule has 2 amide bonds. The molecule has 5 heterocycles. The fraction of sp³-hybridized carbons (Fsp3) is 0.400. The van der Waals surface area contributed by atoms with E-state index in [2.05, 4.69) is 32.3 Å². The van der Waals surface area contributed by atoms with Gasteiger partial charge in [0.2, 0.25) is 5.91 Å². The molecular formula is C30H36N7O4+. The van der Waals surface area contributed by atoms with E-state index in [4.69, 9.17) is 9.47 Å². The third-order valence-corrected chi connectivity index (χ3v) is 7.96. The number of nitrogens with zero attached hydrogens (tertiary/aromatic N) is 5. The van der Waals surface area contributed by atoms with Gasteiger partial charge in [-0.15, -0.1) is 0 Å². The second-order valence-corrected chi connectivity index (χ2v) is 10.6. The minimum atomic E-state index is -0.0341. The Balaban J connectivity index is 1.15. The monoisotopic (exact) mass is 558 g/mol. The number of amides is 2. The van der Waals surface area contributed by atoms with Crippen LogP contribution >= 0.6 is 0 Å². The Morgan fingerprint density at radius 2 is 1.93 bits per heavy atom. The lowest BCUT2D eigenvalue weighted by molar-refractivity contribution is -0.743. The molecule has 0 aliphatic carbocycles. The van der Waals surface area contributed by atoms with Crippen molar-refractivity contribution < 1.29 is 24.0 Å². The van der Waals surface area contributed by atoms with Gasteiger partial charge >= 0.3 is 0 Å². The maximum Gasteiger partial charge on any atom is 0.257 e. The summed E-state index contributed by atoms with van der Waals surface area (Å²) in [5.41, 5.74) is 3.36. The number of ether oxygens (including phenoxy) is 2. The largest absolute Gasteiger partial charge is 0.381 e. The van der Waals surface area contributed by atoms with Gasteiger partial charge in [0.25, 0.3) is 11.7 Å². The highest BCUT2D eigenvalue weighted by Gasteiger charge is 2.31. The number of quaternary nitrogens is 1. The summed E-state index contributed by atoms with van der Waals surface area (Å²) in [6.07, 6.45) is 9.85. The van der Waals surface area contributed by atoms with Gasteiger partial charge in [-0.3, -0.25) is 14.5 Å². The number of benzene rings is 1. The van der Waals surface area contributed by atoms with E-state index in [0.717, 1.165) is 53.6 Å². The molecule has 2 N–H and O–H groups in total. The molecule has 0 radical (unpaired) electrons. The standard InChI is InChI=1S/C30H35N7O4/c1-40-25-7-10-34(11-8-25)28(38)18-22-3-2-4-24(17-22)37-20-26(29-31-9-12-36(29)21-37)33-27-6-5-23(19-32-27)30(39)35-13-15-41-16-14-35/h2-6,9,12,17,19-20,25H,7-8,10-11,13-16,18,21H2,1H3,(H,32,33)/p+1. The lowest BCUT2D eigenvalue weighted by atomic mass is 10.1. The first-order valence-corrected chi connectivity index (χ1v) is 14.2. The van der Waals surface area contributed by atoms with E-state index in [1.165, 1.54) is 0 Å². The summed E-state index contributed by atoms with van der Waals surface area (Å²) in [4.78, 5) is 41.9. The lowest BCUT2D eigenvalue weighted by Gasteiger charge is -2.31. The molecular weight excluding hydrogens is 522 g/mol. The maximum absolute atomic E-state index is 13.0.